The molecule has 24 heavy (non-hydrogen) atoms. The van der Waals surface area contributed by atoms with Gasteiger partial charge in [-0.15, -0.1) is 0 Å². The summed E-state index contributed by atoms with van der Waals surface area (Å²) >= 11 is 1.52. The molecule has 10 heteroatoms. The number of H-pyrrole nitrogens is 1. The van der Waals surface area contributed by atoms with Gasteiger partial charge in [-0.05, 0) is 12.1 Å². The fourth-order valence-electron chi connectivity index (χ4n) is 2.07. The summed E-state index contributed by atoms with van der Waals surface area (Å²) in [6, 6.07) is 5.85. The number of hydrogen-bond acceptors (Lipinski definition) is 8. The Morgan fingerprint density at radius 3 is 3.00 bits per heavy atom. The second-order valence-corrected chi connectivity index (χ2v) is 5.74. The molecule has 0 aliphatic heterocycles. The van der Waals surface area contributed by atoms with Crippen LogP contribution >= 0.6 is 11.8 Å². The summed E-state index contributed by atoms with van der Waals surface area (Å²) in [6.07, 6.45) is 6.86. The van der Waals surface area contributed by atoms with E-state index in [-0.39, 0.29) is 0 Å². The third-order valence-corrected chi connectivity index (χ3v) is 4.14. The standard InChI is InChI=1S/C14H12N8OS/c1-2-4-15-10(3-1)7-22-6-5-16-14(22)24-8-11-19-13(21-23-11)12-17-9-18-20-12/h1-6,9H,7-8H2,(H,17,18,20). The average Bonchev–Trinajstić information content (AvgIpc) is 3.36. The van der Waals surface area contributed by atoms with Crippen LogP contribution in [-0.4, -0.2) is 39.9 Å². The minimum Gasteiger partial charge on any atom is -0.338 e. The van der Waals surface area contributed by atoms with Gasteiger partial charge in [0.15, 0.2) is 11.0 Å². The number of thioether (sulfide) groups is 1. The van der Waals surface area contributed by atoms with E-state index < -0.39 is 0 Å². The Hall–Kier alpha value is -3.01. The largest absolute Gasteiger partial charge is 0.338 e. The molecular weight excluding hydrogens is 328 g/mol. The van der Waals surface area contributed by atoms with E-state index in [1.54, 1.807) is 12.4 Å². The summed E-state index contributed by atoms with van der Waals surface area (Å²) in [5.41, 5.74) is 0.975. The second kappa shape index (κ2) is 6.62. The maximum atomic E-state index is 5.23. The summed E-state index contributed by atoms with van der Waals surface area (Å²) in [5.74, 6) is 1.88. The van der Waals surface area contributed by atoms with Crippen molar-refractivity contribution in [2.75, 3.05) is 0 Å². The molecule has 0 radical (unpaired) electrons. The lowest BCUT2D eigenvalue weighted by Gasteiger charge is -2.05. The molecule has 0 unspecified atom stereocenters. The van der Waals surface area contributed by atoms with Crippen LogP contribution in [0.15, 0.2) is 52.8 Å². The van der Waals surface area contributed by atoms with Crippen LogP contribution in [0, 0.1) is 0 Å². The van der Waals surface area contributed by atoms with Crippen molar-refractivity contribution in [3.63, 3.8) is 0 Å². The molecule has 0 aliphatic rings. The quantitative estimate of drug-likeness (QED) is 0.529. The molecule has 4 aromatic heterocycles. The Bertz CT molecular complexity index is 902. The van der Waals surface area contributed by atoms with Crippen LogP contribution in [0.3, 0.4) is 0 Å². The summed E-state index contributed by atoms with van der Waals surface area (Å²) in [7, 11) is 0. The number of nitrogens with one attached hydrogen (secondary N) is 1. The molecule has 4 rings (SSSR count). The zero-order valence-electron chi connectivity index (χ0n) is 12.4. The molecular formula is C14H12N8OS. The van der Waals surface area contributed by atoms with Crippen LogP contribution in [0.25, 0.3) is 11.6 Å². The first kappa shape index (κ1) is 14.6. The smallest absolute Gasteiger partial charge is 0.239 e. The van der Waals surface area contributed by atoms with Gasteiger partial charge < -0.3 is 9.09 Å². The summed E-state index contributed by atoms with van der Waals surface area (Å²) in [6.45, 7) is 0.663. The highest BCUT2D eigenvalue weighted by Gasteiger charge is 2.13. The molecule has 0 spiro atoms. The molecule has 4 heterocycles. The van der Waals surface area contributed by atoms with Crippen LogP contribution in [0.2, 0.25) is 0 Å². The van der Waals surface area contributed by atoms with Crippen molar-refractivity contribution < 1.29 is 4.52 Å². The minimum absolute atomic E-state index is 0.389. The van der Waals surface area contributed by atoms with E-state index in [2.05, 4.69) is 35.3 Å². The van der Waals surface area contributed by atoms with Gasteiger partial charge >= 0.3 is 0 Å². The van der Waals surface area contributed by atoms with E-state index in [0.717, 1.165) is 10.9 Å². The monoisotopic (exact) mass is 340 g/mol. The fraction of sp³-hybridized carbons (Fsp3) is 0.143. The zero-order chi connectivity index (χ0) is 16.2. The van der Waals surface area contributed by atoms with E-state index >= 15 is 0 Å². The van der Waals surface area contributed by atoms with Crippen molar-refractivity contribution in [2.45, 2.75) is 17.5 Å². The number of aromatic amines is 1. The molecule has 0 amide bonds. The molecule has 120 valence electrons. The second-order valence-electron chi connectivity index (χ2n) is 4.79. The van der Waals surface area contributed by atoms with E-state index in [4.69, 9.17) is 4.52 Å². The zero-order valence-corrected chi connectivity index (χ0v) is 13.2. The van der Waals surface area contributed by atoms with Crippen molar-refractivity contribution in [3.05, 3.63) is 54.7 Å². The van der Waals surface area contributed by atoms with Gasteiger partial charge in [-0.2, -0.15) is 10.1 Å². The highest BCUT2D eigenvalue weighted by Crippen LogP contribution is 2.22. The number of hydrogen-bond donors (Lipinski definition) is 1. The summed E-state index contributed by atoms with van der Waals surface area (Å²) in [4.78, 5) is 17.0. The molecule has 0 saturated carbocycles. The van der Waals surface area contributed by atoms with E-state index in [1.807, 2.05) is 29.0 Å². The van der Waals surface area contributed by atoms with Crippen LogP contribution in [0.1, 0.15) is 11.6 Å². The lowest BCUT2D eigenvalue weighted by molar-refractivity contribution is 0.391. The Morgan fingerprint density at radius 1 is 1.17 bits per heavy atom. The maximum Gasteiger partial charge on any atom is 0.239 e. The Balaban J connectivity index is 1.43. The molecule has 1 N–H and O–H groups in total. The number of rotatable bonds is 6. The molecule has 0 fully saturated rings. The highest BCUT2D eigenvalue weighted by molar-refractivity contribution is 7.98. The predicted octanol–water partition coefficient (Wildman–Crippen LogP) is 1.79. The van der Waals surface area contributed by atoms with Crippen molar-refractivity contribution >= 4 is 11.8 Å². The Labute approximate surface area is 140 Å². The average molecular weight is 340 g/mol. The topological polar surface area (TPSA) is 111 Å². The number of nitrogens with zero attached hydrogens (tertiary/aromatic N) is 7. The molecule has 0 bridgehead atoms. The molecule has 9 nitrogen and oxygen atoms in total. The molecule has 0 atom stereocenters. The fourth-order valence-corrected chi connectivity index (χ4v) is 2.87. The van der Waals surface area contributed by atoms with Crippen LogP contribution in [0.5, 0.6) is 0 Å². The van der Waals surface area contributed by atoms with E-state index in [0.29, 0.717) is 29.8 Å². The van der Waals surface area contributed by atoms with Crippen molar-refractivity contribution in [1.29, 1.82) is 0 Å². The highest BCUT2D eigenvalue weighted by atomic mass is 32.2. The molecule has 0 aromatic carbocycles. The Kier molecular flexibility index (Phi) is 4.02. The van der Waals surface area contributed by atoms with Crippen molar-refractivity contribution in [3.8, 4) is 11.6 Å². The molecule has 0 saturated heterocycles. The number of imidazole rings is 1. The van der Waals surface area contributed by atoms with Crippen molar-refractivity contribution in [2.24, 2.45) is 0 Å². The first-order chi connectivity index (χ1) is 11.9. The lowest BCUT2D eigenvalue weighted by Crippen LogP contribution is -2.02. The normalized spacial score (nSPS) is 11.0. The minimum atomic E-state index is 0.389. The number of aromatic nitrogens is 8. The molecule has 0 aliphatic carbocycles. The first-order valence-electron chi connectivity index (χ1n) is 7.10. The van der Waals surface area contributed by atoms with Gasteiger partial charge in [-0.1, -0.05) is 23.0 Å². The van der Waals surface area contributed by atoms with Crippen LogP contribution < -0.4 is 0 Å². The molecule has 4 aromatic rings. The summed E-state index contributed by atoms with van der Waals surface area (Å²) in [5, 5.41) is 11.2. The van der Waals surface area contributed by atoms with Gasteiger partial charge in [0.2, 0.25) is 11.7 Å². The maximum absolute atomic E-state index is 5.23. The van der Waals surface area contributed by atoms with Gasteiger partial charge in [0.05, 0.1) is 18.0 Å². The van der Waals surface area contributed by atoms with Gasteiger partial charge in [0.25, 0.3) is 0 Å². The predicted molar refractivity (Wildman–Crippen MR) is 84.8 cm³/mol. The van der Waals surface area contributed by atoms with Gasteiger partial charge in [-0.25, -0.2) is 9.97 Å². The SMILES string of the molecule is c1ccc(Cn2ccnc2SCc2nc(-c3ncn[nH]3)no2)nc1. The van der Waals surface area contributed by atoms with Crippen LogP contribution in [0.4, 0.5) is 0 Å². The first-order valence-corrected chi connectivity index (χ1v) is 8.09. The van der Waals surface area contributed by atoms with E-state index in [1.165, 1.54) is 18.1 Å². The summed E-state index contributed by atoms with van der Waals surface area (Å²) < 4.78 is 7.25. The van der Waals surface area contributed by atoms with Crippen LogP contribution in [-0.2, 0) is 12.3 Å². The third kappa shape index (κ3) is 3.18. The van der Waals surface area contributed by atoms with Gasteiger partial charge in [-0.3, -0.25) is 10.1 Å². The van der Waals surface area contributed by atoms with Gasteiger partial charge in [0.1, 0.15) is 6.33 Å². The van der Waals surface area contributed by atoms with Crippen molar-refractivity contribution in [1.82, 2.24) is 39.9 Å². The Morgan fingerprint density at radius 2 is 2.17 bits per heavy atom. The lowest BCUT2D eigenvalue weighted by atomic mass is 10.3. The number of pyridine rings is 1. The van der Waals surface area contributed by atoms with E-state index in [9.17, 15) is 0 Å². The third-order valence-electron chi connectivity index (χ3n) is 3.16. The van der Waals surface area contributed by atoms with Gasteiger partial charge in [0, 0.05) is 18.6 Å².